The van der Waals surface area contributed by atoms with Gasteiger partial charge in [0.25, 0.3) is 0 Å². The number of carbonyl (C=O) groups excluding carboxylic acids is 1. The predicted octanol–water partition coefficient (Wildman–Crippen LogP) is 2.18. The van der Waals surface area contributed by atoms with Gasteiger partial charge in [0.05, 0.1) is 24.3 Å². The fraction of sp³-hybridized carbons (Fsp3) is 0.421. The summed E-state index contributed by atoms with van der Waals surface area (Å²) in [6.07, 6.45) is 5.27. The fourth-order valence-corrected chi connectivity index (χ4v) is 5.66. The molecule has 2 amide bonds. The Balaban J connectivity index is 1.20. The van der Waals surface area contributed by atoms with Crippen molar-refractivity contribution < 1.29 is 9.53 Å². The number of nitrogens with one attached hydrogen (secondary N) is 3. The SMILES string of the molecule is COc1nsc(NC(=O)N2CC3CC(n4c(=O)[nH]c5cnc6[nH]ccc6c54)C[C@H]3C2)n1. The molecule has 1 aliphatic carbocycles. The first-order valence-electron chi connectivity index (χ1n) is 10.1. The highest BCUT2D eigenvalue weighted by Gasteiger charge is 2.44. The Labute approximate surface area is 179 Å². The summed E-state index contributed by atoms with van der Waals surface area (Å²) in [5.41, 5.74) is 2.33. The van der Waals surface area contributed by atoms with Gasteiger partial charge < -0.3 is 19.6 Å². The minimum absolute atomic E-state index is 0.102. The summed E-state index contributed by atoms with van der Waals surface area (Å²) in [5.74, 6) is 0.722. The summed E-state index contributed by atoms with van der Waals surface area (Å²) in [5, 5.41) is 4.17. The van der Waals surface area contributed by atoms with Crippen molar-refractivity contribution in [2.75, 3.05) is 25.5 Å². The maximum absolute atomic E-state index is 12.8. The number of hydrogen-bond acceptors (Lipinski definition) is 7. The van der Waals surface area contributed by atoms with Crippen LogP contribution in [-0.2, 0) is 0 Å². The number of rotatable bonds is 3. The van der Waals surface area contributed by atoms with Crippen LogP contribution in [0.4, 0.5) is 9.93 Å². The second-order valence-electron chi connectivity index (χ2n) is 8.13. The van der Waals surface area contributed by atoms with E-state index >= 15 is 0 Å². The Hall–Kier alpha value is -3.41. The van der Waals surface area contributed by atoms with Crippen LogP contribution in [0.15, 0.2) is 23.3 Å². The van der Waals surface area contributed by atoms with E-state index in [2.05, 4.69) is 29.6 Å². The first kappa shape index (κ1) is 18.4. The van der Waals surface area contributed by atoms with Crippen molar-refractivity contribution >= 4 is 44.8 Å². The molecule has 4 aromatic heterocycles. The first-order valence-corrected chi connectivity index (χ1v) is 10.9. The lowest BCUT2D eigenvalue weighted by Crippen LogP contribution is -2.34. The van der Waals surface area contributed by atoms with Crippen molar-refractivity contribution in [1.82, 2.24) is 33.8 Å². The van der Waals surface area contributed by atoms with E-state index in [1.807, 2.05) is 21.7 Å². The van der Waals surface area contributed by atoms with Crippen molar-refractivity contribution in [3.05, 3.63) is 28.9 Å². The smallest absolute Gasteiger partial charge is 0.329 e. The van der Waals surface area contributed by atoms with Gasteiger partial charge in [0.1, 0.15) is 5.65 Å². The molecule has 2 fully saturated rings. The van der Waals surface area contributed by atoms with Crippen LogP contribution in [0.1, 0.15) is 18.9 Å². The molecule has 2 aliphatic rings. The Kier molecular flexibility index (Phi) is 4.03. The summed E-state index contributed by atoms with van der Waals surface area (Å²) in [4.78, 5) is 41.8. The highest BCUT2D eigenvalue weighted by atomic mass is 32.1. The molecule has 0 bridgehead atoms. The lowest BCUT2D eigenvalue weighted by molar-refractivity contribution is 0.217. The van der Waals surface area contributed by atoms with Gasteiger partial charge in [0.15, 0.2) is 0 Å². The summed E-state index contributed by atoms with van der Waals surface area (Å²) in [6.45, 7) is 1.34. The average molecular weight is 440 g/mol. The first-order chi connectivity index (χ1) is 15.1. The van der Waals surface area contributed by atoms with E-state index < -0.39 is 0 Å². The van der Waals surface area contributed by atoms with Crippen LogP contribution < -0.4 is 15.7 Å². The molecule has 12 heteroatoms. The number of nitrogens with zero attached hydrogens (tertiary/aromatic N) is 5. The largest absolute Gasteiger partial charge is 0.466 e. The molecular weight excluding hydrogens is 420 g/mol. The maximum atomic E-state index is 12.8. The third-order valence-electron chi connectivity index (χ3n) is 6.44. The molecule has 0 spiro atoms. The number of pyridine rings is 1. The molecule has 3 atom stereocenters. The number of aromatic nitrogens is 6. The van der Waals surface area contributed by atoms with Gasteiger partial charge in [-0.15, -0.1) is 4.37 Å². The molecule has 6 rings (SSSR count). The number of aromatic amines is 2. The number of H-pyrrole nitrogens is 2. The molecule has 2 unspecified atom stereocenters. The molecule has 1 saturated carbocycles. The second kappa shape index (κ2) is 6.80. The van der Waals surface area contributed by atoms with Crippen LogP contribution in [0.3, 0.4) is 0 Å². The minimum Gasteiger partial charge on any atom is -0.466 e. The number of carbonyl (C=O) groups is 1. The molecule has 5 heterocycles. The van der Waals surface area contributed by atoms with Gasteiger partial charge in [-0.1, -0.05) is 0 Å². The van der Waals surface area contributed by atoms with Gasteiger partial charge in [-0.25, -0.2) is 14.6 Å². The quantitative estimate of drug-likeness (QED) is 0.447. The topological polar surface area (TPSA) is 134 Å². The third kappa shape index (κ3) is 2.89. The molecule has 0 radical (unpaired) electrons. The summed E-state index contributed by atoms with van der Waals surface area (Å²) < 4.78 is 10.8. The Morgan fingerprint density at radius 3 is 2.87 bits per heavy atom. The number of amides is 2. The van der Waals surface area contributed by atoms with Gasteiger partial charge >= 0.3 is 17.7 Å². The van der Waals surface area contributed by atoms with Crippen LogP contribution in [0.2, 0.25) is 0 Å². The molecule has 1 saturated heterocycles. The van der Waals surface area contributed by atoms with E-state index in [0.29, 0.717) is 30.1 Å². The number of imidazole rings is 1. The van der Waals surface area contributed by atoms with Crippen LogP contribution in [0.25, 0.3) is 22.1 Å². The Bertz CT molecular complexity index is 1340. The highest BCUT2D eigenvalue weighted by molar-refractivity contribution is 7.10. The van der Waals surface area contributed by atoms with Crippen molar-refractivity contribution in [3.63, 3.8) is 0 Å². The Morgan fingerprint density at radius 2 is 2.13 bits per heavy atom. The number of fused-ring (bicyclic) bond motifs is 4. The van der Waals surface area contributed by atoms with Gasteiger partial charge in [-0.05, 0) is 30.7 Å². The summed E-state index contributed by atoms with van der Waals surface area (Å²) in [6, 6.07) is 2.14. The van der Waals surface area contributed by atoms with Crippen LogP contribution in [0, 0.1) is 11.8 Å². The van der Waals surface area contributed by atoms with E-state index in [1.165, 1.54) is 7.11 Å². The monoisotopic (exact) mass is 440 g/mol. The minimum atomic E-state index is -0.172. The molecule has 1 aliphatic heterocycles. The van der Waals surface area contributed by atoms with Crippen LogP contribution in [-0.4, -0.2) is 60.0 Å². The van der Waals surface area contributed by atoms with E-state index in [4.69, 9.17) is 4.74 Å². The molecule has 11 nitrogen and oxygen atoms in total. The number of likely N-dealkylation sites (tertiary alicyclic amines) is 1. The number of methoxy groups -OCH3 is 1. The number of ether oxygens (including phenoxy) is 1. The lowest BCUT2D eigenvalue weighted by atomic mass is 10.0. The lowest BCUT2D eigenvalue weighted by Gasteiger charge is -2.20. The van der Waals surface area contributed by atoms with Gasteiger partial charge in [0.2, 0.25) is 5.13 Å². The van der Waals surface area contributed by atoms with E-state index in [-0.39, 0.29) is 23.8 Å². The third-order valence-corrected chi connectivity index (χ3v) is 7.06. The molecule has 31 heavy (non-hydrogen) atoms. The van der Waals surface area contributed by atoms with Gasteiger partial charge in [0, 0.05) is 42.2 Å². The standard InChI is InChI=1S/C19H20N8O3S/c1-30-16-23-17(31-25-16)24-18(28)26-7-9-4-11(5-10(9)8-26)27-14-12-2-3-20-15(12)21-6-13(14)22-19(27)29/h2-3,6,9-11H,4-5,7-8H2,1H3,(H,20,21)(H,22,29)(H,23,24,25,28)/t9-,10?,11?/m0/s1. The van der Waals surface area contributed by atoms with Crippen LogP contribution in [0.5, 0.6) is 6.01 Å². The maximum Gasteiger partial charge on any atom is 0.329 e. The highest BCUT2D eigenvalue weighted by Crippen LogP contribution is 2.44. The van der Waals surface area contributed by atoms with Crippen molar-refractivity contribution in [2.24, 2.45) is 11.8 Å². The molecule has 4 aromatic rings. The van der Waals surface area contributed by atoms with Gasteiger partial charge in [-0.2, -0.15) is 4.98 Å². The number of urea groups is 1. The molecule has 160 valence electrons. The molecular formula is C19H20N8O3S. The van der Waals surface area contributed by atoms with Crippen LogP contribution >= 0.6 is 11.5 Å². The normalized spacial score (nSPS) is 23.0. The van der Waals surface area contributed by atoms with Crippen molar-refractivity contribution in [1.29, 1.82) is 0 Å². The molecule has 0 aromatic carbocycles. The second-order valence-corrected chi connectivity index (χ2v) is 8.88. The van der Waals surface area contributed by atoms with E-state index in [9.17, 15) is 9.59 Å². The van der Waals surface area contributed by atoms with Gasteiger partial charge in [-0.3, -0.25) is 9.88 Å². The van der Waals surface area contributed by atoms with Crippen molar-refractivity contribution in [2.45, 2.75) is 18.9 Å². The zero-order valence-corrected chi connectivity index (χ0v) is 17.5. The fourth-order valence-electron chi connectivity index (χ4n) is 5.13. The van der Waals surface area contributed by atoms with E-state index in [0.717, 1.165) is 46.4 Å². The average Bonchev–Trinajstić information content (AvgIpc) is 3.53. The molecule has 3 N–H and O–H groups in total. The zero-order valence-electron chi connectivity index (χ0n) is 16.7. The summed E-state index contributed by atoms with van der Waals surface area (Å²) >= 11 is 1.09. The number of anilines is 1. The number of hydrogen-bond donors (Lipinski definition) is 3. The Morgan fingerprint density at radius 1 is 1.32 bits per heavy atom. The summed E-state index contributed by atoms with van der Waals surface area (Å²) in [7, 11) is 1.49. The predicted molar refractivity (Wildman–Crippen MR) is 115 cm³/mol. The van der Waals surface area contributed by atoms with E-state index in [1.54, 1.807) is 6.20 Å². The zero-order chi connectivity index (χ0) is 21.1. The van der Waals surface area contributed by atoms with Crippen molar-refractivity contribution in [3.8, 4) is 6.01 Å².